The number of aliphatic hydroxyl groups is 1. The van der Waals surface area contributed by atoms with Crippen molar-refractivity contribution in [2.45, 2.75) is 31.7 Å². The van der Waals surface area contributed by atoms with E-state index in [1.807, 2.05) is 0 Å². The highest BCUT2D eigenvalue weighted by molar-refractivity contribution is 5.86. The number of nitrogens with zero attached hydrogens (tertiary/aromatic N) is 1. The Morgan fingerprint density at radius 1 is 1.41 bits per heavy atom. The summed E-state index contributed by atoms with van der Waals surface area (Å²) in [7, 11) is 0. The predicted molar refractivity (Wildman–Crippen MR) is 61.1 cm³/mol. The first-order valence-electron chi connectivity index (χ1n) is 6.02. The molecule has 0 aromatic heterocycles. The minimum absolute atomic E-state index is 0.225. The van der Waals surface area contributed by atoms with Crippen LogP contribution in [0.5, 0.6) is 0 Å². The molecule has 0 aromatic carbocycles. The van der Waals surface area contributed by atoms with E-state index in [0.29, 0.717) is 12.0 Å². The molecule has 1 aliphatic carbocycles. The van der Waals surface area contributed by atoms with Crippen molar-refractivity contribution in [3.8, 4) is 0 Å². The first-order valence-corrected chi connectivity index (χ1v) is 6.02. The van der Waals surface area contributed by atoms with Gasteiger partial charge in [0.1, 0.15) is 6.04 Å². The van der Waals surface area contributed by atoms with Gasteiger partial charge in [-0.2, -0.15) is 0 Å². The summed E-state index contributed by atoms with van der Waals surface area (Å²) in [5.41, 5.74) is 5.30. The summed E-state index contributed by atoms with van der Waals surface area (Å²) >= 11 is 0. The maximum absolute atomic E-state index is 12.1. The number of urea groups is 1. The van der Waals surface area contributed by atoms with Crippen LogP contribution in [0.25, 0.3) is 0 Å². The molecular weight excluding hydrogens is 222 g/mol. The highest BCUT2D eigenvalue weighted by Gasteiger charge is 2.46. The second-order valence-electron chi connectivity index (χ2n) is 5.11. The van der Waals surface area contributed by atoms with Crippen LogP contribution in [0, 0.1) is 5.41 Å². The van der Waals surface area contributed by atoms with Crippen molar-refractivity contribution in [1.82, 2.24) is 10.2 Å². The van der Waals surface area contributed by atoms with Gasteiger partial charge in [0.15, 0.2) is 0 Å². The number of carbonyl (C=O) groups is 2. The lowest BCUT2D eigenvalue weighted by Crippen LogP contribution is -2.54. The number of carbonyl (C=O) groups excluding carboxylic acids is 2. The number of piperidine rings is 1. The van der Waals surface area contributed by atoms with Crippen LogP contribution in [-0.4, -0.2) is 47.7 Å². The molecule has 3 amide bonds. The Hall–Kier alpha value is -1.30. The largest absolute Gasteiger partial charge is 0.394 e. The Kier molecular flexibility index (Phi) is 3.24. The predicted octanol–water partition coefficient (Wildman–Crippen LogP) is -0.582. The topological polar surface area (TPSA) is 95.7 Å². The van der Waals surface area contributed by atoms with E-state index in [1.165, 1.54) is 19.3 Å². The number of likely N-dealkylation sites (tertiary alicyclic amines) is 1. The second kappa shape index (κ2) is 4.52. The third kappa shape index (κ3) is 2.69. The maximum atomic E-state index is 12.1. The van der Waals surface area contributed by atoms with Gasteiger partial charge in [-0.05, 0) is 31.1 Å². The molecule has 1 aliphatic heterocycles. The molecule has 1 saturated heterocycles. The third-order valence-corrected chi connectivity index (χ3v) is 3.73. The molecule has 0 aromatic rings. The molecule has 2 aliphatic rings. The number of hydrogen-bond acceptors (Lipinski definition) is 3. The molecule has 17 heavy (non-hydrogen) atoms. The molecule has 2 fully saturated rings. The van der Waals surface area contributed by atoms with Crippen molar-refractivity contribution in [3.63, 3.8) is 0 Å². The number of primary amides is 1. The Bertz CT molecular complexity index is 328. The maximum Gasteiger partial charge on any atom is 0.312 e. The minimum atomic E-state index is -0.901. The fourth-order valence-electron chi connectivity index (χ4n) is 2.56. The van der Waals surface area contributed by atoms with E-state index in [0.717, 1.165) is 13.0 Å². The van der Waals surface area contributed by atoms with E-state index in [1.54, 1.807) is 4.90 Å². The normalized spacial score (nSPS) is 23.2. The van der Waals surface area contributed by atoms with Crippen molar-refractivity contribution < 1.29 is 14.7 Å². The Morgan fingerprint density at radius 2 is 2.12 bits per heavy atom. The van der Waals surface area contributed by atoms with E-state index < -0.39 is 18.7 Å². The van der Waals surface area contributed by atoms with Gasteiger partial charge < -0.3 is 21.1 Å². The highest BCUT2D eigenvalue weighted by Crippen LogP contribution is 2.52. The van der Waals surface area contributed by atoms with Crippen LogP contribution in [0.1, 0.15) is 25.7 Å². The zero-order chi connectivity index (χ0) is 12.5. The van der Waals surface area contributed by atoms with Crippen molar-refractivity contribution >= 4 is 11.9 Å². The molecular formula is C11H19N3O3. The molecule has 1 spiro atoms. The monoisotopic (exact) mass is 241 g/mol. The molecule has 6 nitrogen and oxygen atoms in total. The van der Waals surface area contributed by atoms with Gasteiger partial charge in [0.25, 0.3) is 0 Å². The van der Waals surface area contributed by atoms with Crippen molar-refractivity contribution in [3.05, 3.63) is 0 Å². The van der Waals surface area contributed by atoms with Gasteiger partial charge in [-0.15, -0.1) is 0 Å². The molecule has 0 radical (unpaired) electrons. The van der Waals surface area contributed by atoms with Gasteiger partial charge in [-0.1, -0.05) is 0 Å². The van der Waals surface area contributed by atoms with Gasteiger partial charge in [0.2, 0.25) is 5.91 Å². The average molecular weight is 241 g/mol. The molecule has 0 bridgehead atoms. The Morgan fingerprint density at radius 3 is 2.65 bits per heavy atom. The second-order valence-corrected chi connectivity index (χ2v) is 5.11. The number of rotatable bonds is 3. The summed E-state index contributed by atoms with van der Waals surface area (Å²) in [6, 6.07) is -1.68. The molecule has 1 saturated carbocycles. The average Bonchev–Trinajstić information content (AvgIpc) is 3.04. The molecule has 96 valence electrons. The third-order valence-electron chi connectivity index (χ3n) is 3.73. The molecule has 6 heteroatoms. The van der Waals surface area contributed by atoms with E-state index in [2.05, 4.69) is 5.32 Å². The number of nitrogens with one attached hydrogen (secondary N) is 1. The molecule has 4 N–H and O–H groups in total. The van der Waals surface area contributed by atoms with Gasteiger partial charge in [0.05, 0.1) is 6.61 Å². The summed E-state index contributed by atoms with van der Waals surface area (Å²) in [6.45, 7) is 1.05. The van der Waals surface area contributed by atoms with Crippen molar-refractivity contribution in [2.75, 3.05) is 19.7 Å². The Labute approximate surface area is 100 Å². The lowest BCUT2D eigenvalue weighted by molar-refractivity contribution is -0.136. The fraction of sp³-hybridized carbons (Fsp3) is 0.818. The summed E-state index contributed by atoms with van der Waals surface area (Å²) in [5, 5.41) is 11.4. The van der Waals surface area contributed by atoms with E-state index >= 15 is 0 Å². The minimum Gasteiger partial charge on any atom is -0.394 e. The lowest BCUT2D eigenvalue weighted by atomic mass is 9.94. The van der Waals surface area contributed by atoms with Crippen LogP contribution in [0.15, 0.2) is 0 Å². The van der Waals surface area contributed by atoms with Crippen LogP contribution in [0.2, 0.25) is 0 Å². The first-order chi connectivity index (χ1) is 8.06. The van der Waals surface area contributed by atoms with E-state index in [-0.39, 0.29) is 5.91 Å². The molecule has 1 atom stereocenters. The molecule has 1 heterocycles. The number of hydrogen-bond donors (Lipinski definition) is 3. The van der Waals surface area contributed by atoms with Crippen LogP contribution in [-0.2, 0) is 4.79 Å². The quantitative estimate of drug-likeness (QED) is 0.616. The van der Waals surface area contributed by atoms with Crippen LogP contribution in [0.4, 0.5) is 4.79 Å². The first kappa shape index (κ1) is 12.2. The van der Waals surface area contributed by atoms with E-state index in [9.17, 15) is 9.59 Å². The van der Waals surface area contributed by atoms with Gasteiger partial charge in [0, 0.05) is 13.1 Å². The fourth-order valence-corrected chi connectivity index (χ4v) is 2.56. The van der Waals surface area contributed by atoms with Crippen LogP contribution < -0.4 is 11.1 Å². The zero-order valence-electron chi connectivity index (χ0n) is 9.82. The van der Waals surface area contributed by atoms with Crippen LogP contribution in [0.3, 0.4) is 0 Å². The van der Waals surface area contributed by atoms with Crippen molar-refractivity contribution in [2.24, 2.45) is 11.1 Å². The Balaban J connectivity index is 1.95. The lowest BCUT2D eigenvalue weighted by Gasteiger charge is -2.34. The summed E-state index contributed by atoms with van der Waals surface area (Å²) in [6.07, 6.45) is 4.55. The molecule has 2 rings (SSSR count). The summed E-state index contributed by atoms with van der Waals surface area (Å²) < 4.78 is 0. The SMILES string of the molecule is NC(=O)NC(CO)C(=O)N1CCCC2(CC2)C1. The number of amides is 3. The van der Waals surface area contributed by atoms with Crippen molar-refractivity contribution in [1.29, 1.82) is 0 Å². The summed E-state index contributed by atoms with van der Waals surface area (Å²) in [5.74, 6) is -0.225. The smallest absolute Gasteiger partial charge is 0.312 e. The standard InChI is InChI=1S/C11H19N3O3/c12-10(17)13-8(6-15)9(16)14-5-1-2-11(7-14)3-4-11/h8,15H,1-7H2,(H3,12,13,17). The molecule has 1 unspecified atom stereocenters. The highest BCUT2D eigenvalue weighted by atomic mass is 16.3. The van der Waals surface area contributed by atoms with Gasteiger partial charge >= 0.3 is 6.03 Å². The summed E-state index contributed by atoms with van der Waals surface area (Å²) in [4.78, 5) is 24.5. The van der Waals surface area contributed by atoms with Gasteiger partial charge in [-0.25, -0.2) is 4.79 Å². The zero-order valence-corrected chi connectivity index (χ0v) is 9.82. The van der Waals surface area contributed by atoms with Gasteiger partial charge in [-0.3, -0.25) is 4.79 Å². The number of nitrogens with two attached hydrogens (primary N) is 1. The number of aliphatic hydroxyl groups excluding tert-OH is 1. The van der Waals surface area contributed by atoms with Crippen LogP contribution >= 0.6 is 0 Å². The van der Waals surface area contributed by atoms with E-state index in [4.69, 9.17) is 10.8 Å².